The van der Waals surface area contributed by atoms with Gasteiger partial charge in [0, 0.05) is 4.47 Å². The van der Waals surface area contributed by atoms with Gasteiger partial charge in [0.15, 0.2) is 0 Å². The van der Waals surface area contributed by atoms with Crippen molar-refractivity contribution in [3.05, 3.63) is 34.3 Å². The van der Waals surface area contributed by atoms with Gasteiger partial charge in [-0.3, -0.25) is 9.59 Å². The lowest BCUT2D eigenvalue weighted by atomic mass is 10.0. The topological polar surface area (TPSA) is 66.4 Å². The summed E-state index contributed by atoms with van der Waals surface area (Å²) in [4.78, 5) is 21.8. The molecule has 4 nitrogen and oxygen atoms in total. The molecule has 1 unspecified atom stereocenters. The predicted octanol–water partition coefficient (Wildman–Crippen LogP) is 2.49. The number of nitrogens with one attached hydrogen (secondary N) is 1. The summed E-state index contributed by atoms with van der Waals surface area (Å²) in [5, 5.41) is 11.2. The summed E-state index contributed by atoms with van der Waals surface area (Å²) >= 11 is 3.34. The molecule has 1 amide bonds. The number of carbonyl (C=O) groups excluding carboxylic acids is 1. The minimum Gasteiger partial charge on any atom is -0.481 e. The van der Waals surface area contributed by atoms with E-state index in [0.717, 1.165) is 10.0 Å². The molecule has 0 radical (unpaired) electrons. The number of hydrogen-bond donors (Lipinski definition) is 2. The third kappa shape index (κ3) is 4.56. The number of amides is 1. The molecule has 0 fully saturated rings. The van der Waals surface area contributed by atoms with Gasteiger partial charge in [-0.25, -0.2) is 0 Å². The van der Waals surface area contributed by atoms with Crippen LogP contribution in [0.1, 0.15) is 31.4 Å². The van der Waals surface area contributed by atoms with Gasteiger partial charge in [-0.15, -0.1) is 0 Å². The van der Waals surface area contributed by atoms with E-state index in [-0.39, 0.29) is 6.04 Å². The van der Waals surface area contributed by atoms with Gasteiger partial charge in [0.05, 0.1) is 6.04 Å². The van der Waals surface area contributed by atoms with Crippen molar-refractivity contribution >= 4 is 27.8 Å². The molecule has 0 aromatic heterocycles. The van der Waals surface area contributed by atoms with Gasteiger partial charge >= 0.3 is 5.97 Å². The zero-order chi connectivity index (χ0) is 12.8. The van der Waals surface area contributed by atoms with Crippen molar-refractivity contribution in [1.82, 2.24) is 5.32 Å². The summed E-state index contributed by atoms with van der Waals surface area (Å²) in [5.74, 6) is -1.58. The highest BCUT2D eigenvalue weighted by atomic mass is 79.9. The van der Waals surface area contributed by atoms with Crippen LogP contribution in [0.5, 0.6) is 0 Å². The van der Waals surface area contributed by atoms with E-state index in [4.69, 9.17) is 5.11 Å². The number of rotatable bonds is 5. The van der Waals surface area contributed by atoms with E-state index >= 15 is 0 Å². The van der Waals surface area contributed by atoms with Crippen LogP contribution in [0, 0.1) is 0 Å². The minimum atomic E-state index is -1.12. The van der Waals surface area contributed by atoms with Gasteiger partial charge in [-0.1, -0.05) is 35.0 Å². The zero-order valence-electron chi connectivity index (χ0n) is 9.44. The van der Waals surface area contributed by atoms with Gasteiger partial charge in [0.25, 0.3) is 0 Å². The second kappa shape index (κ2) is 6.39. The second-order valence-electron chi connectivity index (χ2n) is 3.65. The van der Waals surface area contributed by atoms with E-state index in [9.17, 15) is 9.59 Å². The molecule has 0 bridgehead atoms. The van der Waals surface area contributed by atoms with Gasteiger partial charge in [0.2, 0.25) is 5.91 Å². The quantitative estimate of drug-likeness (QED) is 0.821. The molecule has 0 aliphatic rings. The van der Waals surface area contributed by atoms with Crippen molar-refractivity contribution in [1.29, 1.82) is 0 Å². The van der Waals surface area contributed by atoms with Crippen molar-refractivity contribution in [2.75, 3.05) is 0 Å². The van der Waals surface area contributed by atoms with E-state index in [1.807, 2.05) is 31.2 Å². The van der Waals surface area contributed by atoms with Gasteiger partial charge in [-0.2, -0.15) is 0 Å². The van der Waals surface area contributed by atoms with Crippen molar-refractivity contribution < 1.29 is 14.7 Å². The smallest absolute Gasteiger partial charge is 0.312 e. The number of hydrogen-bond acceptors (Lipinski definition) is 2. The number of halogens is 1. The number of benzene rings is 1. The summed E-state index contributed by atoms with van der Waals surface area (Å²) in [7, 11) is 0. The third-order valence-corrected chi connectivity index (χ3v) is 2.86. The van der Waals surface area contributed by atoms with Crippen LogP contribution in [-0.2, 0) is 9.59 Å². The van der Waals surface area contributed by atoms with Crippen LogP contribution in [0.2, 0.25) is 0 Å². The molecule has 1 aromatic carbocycles. The molecule has 0 aliphatic heterocycles. The summed E-state index contributed by atoms with van der Waals surface area (Å²) in [5.41, 5.74) is 0.967. The lowest BCUT2D eigenvalue weighted by Gasteiger charge is -2.17. The van der Waals surface area contributed by atoms with Gasteiger partial charge < -0.3 is 10.4 Å². The van der Waals surface area contributed by atoms with Crippen LogP contribution in [-0.4, -0.2) is 17.0 Å². The van der Waals surface area contributed by atoms with Gasteiger partial charge in [0.1, 0.15) is 6.42 Å². The Hall–Kier alpha value is -1.36. The minimum absolute atomic E-state index is 0.144. The molecule has 17 heavy (non-hydrogen) atoms. The van der Waals surface area contributed by atoms with E-state index in [1.54, 1.807) is 0 Å². The standard InChI is InChI=1S/C12H14BrNO3/c1-2-10(14-11(15)7-12(16)17)8-3-5-9(13)6-4-8/h3-6,10H,2,7H2,1H3,(H,14,15)(H,16,17). The first-order valence-corrected chi connectivity index (χ1v) is 6.09. The third-order valence-electron chi connectivity index (χ3n) is 2.33. The van der Waals surface area contributed by atoms with E-state index in [1.165, 1.54) is 0 Å². The first-order valence-electron chi connectivity index (χ1n) is 5.29. The number of carboxylic acid groups (broad SMARTS) is 1. The average molecular weight is 300 g/mol. The first kappa shape index (κ1) is 13.7. The van der Waals surface area contributed by atoms with Gasteiger partial charge in [-0.05, 0) is 24.1 Å². The monoisotopic (exact) mass is 299 g/mol. The van der Waals surface area contributed by atoms with Crippen LogP contribution in [0.25, 0.3) is 0 Å². The molecular weight excluding hydrogens is 286 g/mol. The molecule has 92 valence electrons. The van der Waals surface area contributed by atoms with Crippen LogP contribution in [0.15, 0.2) is 28.7 Å². The fourth-order valence-electron chi connectivity index (χ4n) is 1.50. The Morgan fingerprint density at radius 3 is 2.41 bits per heavy atom. The Kier molecular flexibility index (Phi) is 5.15. The molecule has 0 saturated carbocycles. The molecule has 1 atom stereocenters. The van der Waals surface area contributed by atoms with Crippen molar-refractivity contribution in [3.63, 3.8) is 0 Å². The SMILES string of the molecule is CCC(NC(=O)CC(=O)O)c1ccc(Br)cc1. The molecule has 2 N–H and O–H groups in total. The molecule has 1 rings (SSSR count). The fourth-order valence-corrected chi connectivity index (χ4v) is 1.76. The van der Waals surface area contributed by atoms with Crippen LogP contribution < -0.4 is 5.32 Å². The van der Waals surface area contributed by atoms with Crippen LogP contribution in [0.3, 0.4) is 0 Å². The molecule has 0 heterocycles. The number of aliphatic carboxylic acids is 1. The fraction of sp³-hybridized carbons (Fsp3) is 0.333. The Bertz CT molecular complexity index is 403. The maximum Gasteiger partial charge on any atom is 0.312 e. The Balaban J connectivity index is 2.68. The highest BCUT2D eigenvalue weighted by Gasteiger charge is 2.14. The van der Waals surface area contributed by atoms with Crippen LogP contribution in [0.4, 0.5) is 0 Å². The van der Waals surface area contributed by atoms with Crippen molar-refractivity contribution in [3.8, 4) is 0 Å². The lowest BCUT2D eigenvalue weighted by molar-refractivity contribution is -0.140. The maximum atomic E-state index is 11.4. The molecular formula is C12H14BrNO3. The average Bonchev–Trinajstić information content (AvgIpc) is 2.26. The second-order valence-corrected chi connectivity index (χ2v) is 4.57. The predicted molar refractivity (Wildman–Crippen MR) is 67.6 cm³/mol. The summed E-state index contributed by atoms with van der Waals surface area (Å²) < 4.78 is 0.966. The summed E-state index contributed by atoms with van der Waals surface area (Å²) in [6.07, 6.45) is 0.222. The molecule has 0 spiro atoms. The Morgan fingerprint density at radius 1 is 1.35 bits per heavy atom. The normalized spacial score (nSPS) is 11.9. The molecule has 5 heteroatoms. The summed E-state index contributed by atoms with van der Waals surface area (Å²) in [6.45, 7) is 1.94. The Morgan fingerprint density at radius 2 is 1.94 bits per heavy atom. The number of carbonyl (C=O) groups is 2. The van der Waals surface area contributed by atoms with Crippen molar-refractivity contribution in [2.24, 2.45) is 0 Å². The number of carboxylic acids is 1. The Labute approximate surface area is 108 Å². The molecule has 0 saturated heterocycles. The summed E-state index contributed by atoms with van der Waals surface area (Å²) in [6, 6.07) is 7.44. The van der Waals surface area contributed by atoms with Crippen molar-refractivity contribution in [2.45, 2.75) is 25.8 Å². The largest absolute Gasteiger partial charge is 0.481 e. The first-order chi connectivity index (χ1) is 8.02. The van der Waals surface area contributed by atoms with E-state index < -0.39 is 18.3 Å². The maximum absolute atomic E-state index is 11.4. The highest BCUT2D eigenvalue weighted by Crippen LogP contribution is 2.19. The molecule has 0 aliphatic carbocycles. The van der Waals surface area contributed by atoms with E-state index in [0.29, 0.717) is 6.42 Å². The zero-order valence-corrected chi connectivity index (χ0v) is 11.0. The molecule has 1 aromatic rings. The highest BCUT2D eigenvalue weighted by molar-refractivity contribution is 9.10. The lowest BCUT2D eigenvalue weighted by Crippen LogP contribution is -2.29. The van der Waals surface area contributed by atoms with Crippen LogP contribution >= 0.6 is 15.9 Å². The van der Waals surface area contributed by atoms with E-state index in [2.05, 4.69) is 21.2 Å².